The first-order chi connectivity index (χ1) is 13.6. The van der Waals surface area contributed by atoms with Crippen LogP contribution in [0.25, 0.3) is 21.1 Å². The van der Waals surface area contributed by atoms with Crippen LogP contribution in [0.4, 0.5) is 11.4 Å². The number of hydrogen-bond acceptors (Lipinski definition) is 6. The van der Waals surface area contributed by atoms with E-state index in [1.54, 1.807) is 24.3 Å². The molecule has 3 heterocycles. The molecule has 2 aromatic carbocycles. The summed E-state index contributed by atoms with van der Waals surface area (Å²) < 4.78 is 11.3. The molecule has 6 nitrogen and oxygen atoms in total. The van der Waals surface area contributed by atoms with Crippen molar-refractivity contribution in [1.82, 2.24) is 4.98 Å². The Balaban J connectivity index is 1.57. The molecule has 0 fully saturated rings. The van der Waals surface area contributed by atoms with Crippen molar-refractivity contribution in [3.8, 4) is 11.5 Å². The molecule has 0 radical (unpaired) electrons. The van der Waals surface area contributed by atoms with E-state index < -0.39 is 0 Å². The number of carbonyl (C=O) groups excluding carboxylic acids is 1. The minimum absolute atomic E-state index is 0.294. The maximum absolute atomic E-state index is 12.7. The zero-order valence-electron chi connectivity index (χ0n) is 14.5. The summed E-state index contributed by atoms with van der Waals surface area (Å²) in [6.07, 6.45) is 0. The summed E-state index contributed by atoms with van der Waals surface area (Å²) >= 11 is 7.23. The Morgan fingerprint density at radius 3 is 2.71 bits per heavy atom. The van der Waals surface area contributed by atoms with Gasteiger partial charge in [-0.2, -0.15) is 0 Å². The fraction of sp³-hybridized carbons (Fsp3) is 0.100. The van der Waals surface area contributed by atoms with Crippen LogP contribution in [0.3, 0.4) is 0 Å². The molecule has 1 amide bonds. The molecule has 0 aliphatic carbocycles. The fourth-order valence-electron chi connectivity index (χ4n) is 3.16. The smallest absolute Gasteiger partial charge is 0.267 e. The van der Waals surface area contributed by atoms with Crippen molar-refractivity contribution >= 4 is 61.3 Å². The van der Waals surface area contributed by atoms with E-state index in [0.29, 0.717) is 50.8 Å². The van der Waals surface area contributed by atoms with Gasteiger partial charge in [0, 0.05) is 27.5 Å². The minimum atomic E-state index is -0.294. The van der Waals surface area contributed by atoms with Crippen LogP contribution in [0, 0.1) is 0 Å². The van der Waals surface area contributed by atoms with Gasteiger partial charge < -0.3 is 20.5 Å². The van der Waals surface area contributed by atoms with Gasteiger partial charge >= 0.3 is 0 Å². The Morgan fingerprint density at radius 2 is 1.93 bits per heavy atom. The highest BCUT2D eigenvalue weighted by molar-refractivity contribution is 7.21. The average molecular weight is 412 g/mol. The average Bonchev–Trinajstić information content (AvgIpc) is 3.00. The Morgan fingerprint density at radius 1 is 1.14 bits per heavy atom. The highest BCUT2D eigenvalue weighted by Gasteiger charge is 2.20. The van der Waals surface area contributed by atoms with E-state index in [1.165, 1.54) is 11.3 Å². The number of halogens is 1. The number of fused-ring (bicyclic) bond motifs is 3. The Kier molecular flexibility index (Phi) is 3.99. The molecule has 0 spiro atoms. The lowest BCUT2D eigenvalue weighted by Crippen LogP contribution is -2.15. The number of aromatic nitrogens is 1. The summed E-state index contributed by atoms with van der Waals surface area (Å²) in [7, 11) is 0. The monoisotopic (exact) mass is 411 g/mol. The quantitative estimate of drug-likeness (QED) is 0.499. The number of hydrogen-bond donors (Lipinski definition) is 2. The zero-order chi connectivity index (χ0) is 19.3. The molecule has 0 atom stereocenters. The normalized spacial score (nSPS) is 13.0. The number of nitrogens with two attached hydrogens (primary N) is 1. The highest BCUT2D eigenvalue weighted by atomic mass is 35.5. The van der Waals surface area contributed by atoms with Crippen molar-refractivity contribution in [1.29, 1.82) is 0 Å². The van der Waals surface area contributed by atoms with Gasteiger partial charge in [-0.1, -0.05) is 17.7 Å². The van der Waals surface area contributed by atoms with Crippen LogP contribution < -0.4 is 20.5 Å². The molecule has 1 aliphatic heterocycles. The number of nitrogens with one attached hydrogen (secondary N) is 1. The number of nitrogens with zero attached hydrogens (tertiary/aromatic N) is 1. The van der Waals surface area contributed by atoms with Crippen LogP contribution in [0.5, 0.6) is 11.5 Å². The molecular formula is C20H14ClN3O3S. The summed E-state index contributed by atoms with van der Waals surface area (Å²) in [4.78, 5) is 18.5. The summed E-state index contributed by atoms with van der Waals surface area (Å²) in [6, 6.07) is 12.6. The van der Waals surface area contributed by atoms with Gasteiger partial charge in [0.2, 0.25) is 0 Å². The van der Waals surface area contributed by atoms with Crippen molar-refractivity contribution in [2.24, 2.45) is 0 Å². The van der Waals surface area contributed by atoms with Gasteiger partial charge in [0.05, 0.1) is 11.2 Å². The van der Waals surface area contributed by atoms with E-state index in [1.807, 2.05) is 18.2 Å². The van der Waals surface area contributed by atoms with Gasteiger partial charge in [0.15, 0.2) is 11.5 Å². The van der Waals surface area contributed by atoms with E-state index in [-0.39, 0.29) is 5.91 Å². The Bertz CT molecular complexity index is 1250. The van der Waals surface area contributed by atoms with Crippen LogP contribution in [0.15, 0.2) is 42.5 Å². The third-order valence-electron chi connectivity index (χ3n) is 4.47. The molecule has 28 heavy (non-hydrogen) atoms. The minimum Gasteiger partial charge on any atom is -0.486 e. The largest absolute Gasteiger partial charge is 0.486 e. The Labute approximate surface area is 168 Å². The molecule has 0 saturated heterocycles. The lowest BCUT2D eigenvalue weighted by atomic mass is 10.1. The maximum atomic E-state index is 12.7. The molecule has 2 aromatic heterocycles. The zero-order valence-corrected chi connectivity index (χ0v) is 16.1. The van der Waals surface area contributed by atoms with E-state index in [2.05, 4.69) is 10.3 Å². The summed E-state index contributed by atoms with van der Waals surface area (Å²) in [5, 5.41) is 4.99. The molecule has 8 heteroatoms. The van der Waals surface area contributed by atoms with Gasteiger partial charge in [-0.15, -0.1) is 11.3 Å². The van der Waals surface area contributed by atoms with Crippen LogP contribution >= 0.6 is 22.9 Å². The number of pyridine rings is 1. The Hall–Kier alpha value is -3.03. The van der Waals surface area contributed by atoms with Gasteiger partial charge in [-0.25, -0.2) is 4.98 Å². The van der Waals surface area contributed by atoms with Crippen LogP contribution in [-0.2, 0) is 0 Å². The second kappa shape index (κ2) is 6.54. The predicted molar refractivity (Wildman–Crippen MR) is 112 cm³/mol. The number of nitrogen functional groups attached to an aromatic ring is 1. The van der Waals surface area contributed by atoms with Crippen LogP contribution in [0.2, 0.25) is 5.02 Å². The third-order valence-corrected chi connectivity index (χ3v) is 5.82. The van der Waals surface area contributed by atoms with Gasteiger partial charge in [-0.3, -0.25) is 4.79 Å². The number of thiophene rings is 1. The topological polar surface area (TPSA) is 86.5 Å². The lowest BCUT2D eigenvalue weighted by molar-refractivity contribution is 0.103. The first kappa shape index (κ1) is 17.1. The van der Waals surface area contributed by atoms with Crippen LogP contribution in [-0.4, -0.2) is 24.1 Å². The summed E-state index contributed by atoms with van der Waals surface area (Å²) in [6.45, 7) is 1.03. The molecule has 4 aromatic rings. The lowest BCUT2D eigenvalue weighted by Gasteiger charge is -2.18. The summed E-state index contributed by atoms with van der Waals surface area (Å²) in [5.74, 6) is 1.07. The highest BCUT2D eigenvalue weighted by Crippen LogP contribution is 2.39. The number of carbonyl (C=O) groups is 1. The van der Waals surface area contributed by atoms with Gasteiger partial charge in [0.1, 0.15) is 22.9 Å². The number of rotatable bonds is 2. The van der Waals surface area contributed by atoms with E-state index >= 15 is 0 Å². The molecule has 0 saturated carbocycles. The number of amides is 1. The van der Waals surface area contributed by atoms with Crippen molar-refractivity contribution in [2.45, 2.75) is 0 Å². The van der Waals surface area contributed by atoms with Crippen molar-refractivity contribution in [3.63, 3.8) is 0 Å². The molecule has 3 N–H and O–H groups in total. The molecular weight excluding hydrogens is 398 g/mol. The summed E-state index contributed by atoms with van der Waals surface area (Å²) in [5.41, 5.74) is 8.06. The van der Waals surface area contributed by atoms with E-state index in [9.17, 15) is 4.79 Å². The van der Waals surface area contributed by atoms with E-state index in [0.717, 1.165) is 16.3 Å². The second-order valence-corrected chi connectivity index (χ2v) is 7.77. The first-order valence-electron chi connectivity index (χ1n) is 8.58. The van der Waals surface area contributed by atoms with Crippen molar-refractivity contribution < 1.29 is 14.3 Å². The first-order valence-corrected chi connectivity index (χ1v) is 9.77. The molecule has 0 unspecified atom stereocenters. The number of benzene rings is 2. The predicted octanol–water partition coefficient (Wildman–Crippen LogP) is 4.71. The number of anilines is 2. The molecule has 5 rings (SSSR count). The third kappa shape index (κ3) is 2.89. The van der Waals surface area contributed by atoms with Gasteiger partial charge in [-0.05, 0) is 30.3 Å². The molecule has 1 aliphatic rings. The fourth-order valence-corrected chi connectivity index (χ4v) is 4.33. The molecule has 0 bridgehead atoms. The number of ether oxygens (including phenoxy) is 2. The van der Waals surface area contributed by atoms with Crippen LogP contribution in [0.1, 0.15) is 9.67 Å². The van der Waals surface area contributed by atoms with Crippen molar-refractivity contribution in [2.75, 3.05) is 24.3 Å². The standard InChI is InChI=1S/C20H14ClN3O3S/c21-11-2-1-3-12(8-11)23-19(25)18-17(22)13-6-10-7-15-16(27-5-4-26-15)9-14(10)24-20(13)28-18/h1-3,6-9H,4-5,22H2,(H,23,25). The van der Waals surface area contributed by atoms with E-state index in [4.69, 9.17) is 26.8 Å². The maximum Gasteiger partial charge on any atom is 0.267 e. The second-order valence-electron chi connectivity index (χ2n) is 6.34. The van der Waals surface area contributed by atoms with Crippen molar-refractivity contribution in [3.05, 3.63) is 52.4 Å². The SMILES string of the molecule is Nc1c(C(=O)Nc2cccc(Cl)c2)sc2nc3cc4c(cc3cc12)OCCO4. The molecule has 140 valence electrons. The van der Waals surface area contributed by atoms with Gasteiger partial charge in [0.25, 0.3) is 5.91 Å².